The van der Waals surface area contributed by atoms with Gasteiger partial charge >= 0.3 is 5.69 Å². The zero-order valence-corrected chi connectivity index (χ0v) is 15.4. The first-order valence-corrected chi connectivity index (χ1v) is 9.22. The number of carbonyl (C=O) groups excluding carboxylic acids is 1. The minimum Gasteiger partial charge on any atom is -0.494 e. The largest absolute Gasteiger partial charge is 0.494 e. The topological polar surface area (TPSA) is 108 Å². The van der Waals surface area contributed by atoms with Crippen LogP contribution in [0.2, 0.25) is 0 Å². The van der Waals surface area contributed by atoms with E-state index in [4.69, 9.17) is 0 Å². The van der Waals surface area contributed by atoms with Gasteiger partial charge in [-0.2, -0.15) is 10.1 Å². The summed E-state index contributed by atoms with van der Waals surface area (Å²) >= 11 is 0. The summed E-state index contributed by atoms with van der Waals surface area (Å²) in [5.74, 6) is -0.812. The molecular weight excluding hydrogens is 360 g/mol. The molecule has 1 aromatic carbocycles. The Bertz CT molecular complexity index is 1110. The van der Waals surface area contributed by atoms with E-state index in [9.17, 15) is 19.5 Å². The summed E-state index contributed by atoms with van der Waals surface area (Å²) in [6.07, 6.45) is 4.75. The van der Waals surface area contributed by atoms with Gasteiger partial charge in [0.2, 0.25) is 5.88 Å². The van der Waals surface area contributed by atoms with E-state index in [1.807, 2.05) is 6.07 Å². The third kappa shape index (κ3) is 2.96. The molecular formula is C20H20N4O4. The highest BCUT2D eigenvalue weighted by atomic mass is 16.3. The highest BCUT2D eigenvalue weighted by Gasteiger charge is 2.30. The van der Waals surface area contributed by atoms with Gasteiger partial charge in [0, 0.05) is 6.04 Å². The van der Waals surface area contributed by atoms with E-state index >= 15 is 0 Å². The molecule has 1 fully saturated rings. The van der Waals surface area contributed by atoms with E-state index in [0.717, 1.165) is 25.7 Å². The Morgan fingerprint density at radius 1 is 1.14 bits per heavy atom. The lowest BCUT2D eigenvalue weighted by Gasteiger charge is -2.16. The minimum absolute atomic E-state index is 0.112. The van der Waals surface area contributed by atoms with Gasteiger partial charge in [-0.05, 0) is 38.0 Å². The van der Waals surface area contributed by atoms with Crippen LogP contribution in [0, 0.1) is 0 Å². The molecule has 8 nitrogen and oxygen atoms in total. The third-order valence-electron chi connectivity index (χ3n) is 5.19. The lowest BCUT2D eigenvalue weighted by molar-refractivity contribution is -0.114. The quantitative estimate of drug-likeness (QED) is 0.796. The predicted molar refractivity (Wildman–Crippen MR) is 106 cm³/mol. The summed E-state index contributed by atoms with van der Waals surface area (Å²) in [6, 6.07) is 8.77. The zero-order chi connectivity index (χ0) is 19.8. The number of rotatable bonds is 3. The van der Waals surface area contributed by atoms with Crippen molar-refractivity contribution in [1.82, 2.24) is 9.55 Å². The van der Waals surface area contributed by atoms with Crippen LogP contribution in [-0.2, 0) is 4.79 Å². The molecule has 1 aromatic heterocycles. The van der Waals surface area contributed by atoms with Crippen LogP contribution in [0.15, 0.2) is 50.6 Å². The highest BCUT2D eigenvalue weighted by molar-refractivity contribution is 6.32. The molecule has 0 atom stereocenters. The van der Waals surface area contributed by atoms with Crippen molar-refractivity contribution in [2.24, 2.45) is 5.10 Å². The number of anilines is 1. The normalized spacial score (nSPS) is 18.9. The summed E-state index contributed by atoms with van der Waals surface area (Å²) in [4.78, 5) is 39.7. The molecule has 1 saturated carbocycles. The van der Waals surface area contributed by atoms with Gasteiger partial charge in [-0.15, -0.1) is 0 Å². The maximum absolute atomic E-state index is 12.8. The van der Waals surface area contributed by atoms with E-state index in [-0.39, 0.29) is 17.2 Å². The summed E-state index contributed by atoms with van der Waals surface area (Å²) in [5, 5.41) is 16.2. The summed E-state index contributed by atoms with van der Waals surface area (Å²) in [6.45, 7) is 1.66. The molecule has 1 aliphatic carbocycles. The number of nitrogens with one attached hydrogen (secondary N) is 1. The first-order chi connectivity index (χ1) is 13.5. The number of aromatic hydroxyl groups is 1. The molecule has 2 N–H and O–H groups in total. The van der Waals surface area contributed by atoms with E-state index in [1.165, 1.54) is 15.7 Å². The van der Waals surface area contributed by atoms with Gasteiger partial charge in [0.15, 0.2) is 0 Å². The first kappa shape index (κ1) is 18.0. The fraction of sp³-hybridized carbons (Fsp3) is 0.300. The molecule has 1 aliphatic heterocycles. The Morgan fingerprint density at radius 3 is 2.50 bits per heavy atom. The van der Waals surface area contributed by atoms with Crippen molar-refractivity contribution >= 4 is 23.4 Å². The first-order valence-electron chi connectivity index (χ1n) is 9.22. The highest BCUT2D eigenvalue weighted by Crippen LogP contribution is 2.32. The van der Waals surface area contributed by atoms with Crippen molar-refractivity contribution < 1.29 is 9.90 Å². The number of aromatic nitrogens is 2. The second kappa shape index (κ2) is 6.95. The van der Waals surface area contributed by atoms with Crippen molar-refractivity contribution in [3.8, 4) is 5.88 Å². The average Bonchev–Trinajstić information content (AvgIpc) is 3.29. The number of hydrazone groups is 1. The lowest BCUT2D eigenvalue weighted by atomic mass is 10.1. The molecule has 4 rings (SSSR count). The molecule has 2 aliphatic rings. The van der Waals surface area contributed by atoms with Crippen LogP contribution in [0.25, 0.3) is 6.08 Å². The van der Waals surface area contributed by atoms with Crippen LogP contribution in [-0.4, -0.2) is 26.3 Å². The second-order valence-corrected chi connectivity index (χ2v) is 7.00. The Balaban J connectivity index is 1.78. The molecule has 1 amide bonds. The monoisotopic (exact) mass is 380 g/mol. The number of amides is 1. The molecule has 0 bridgehead atoms. The number of aromatic amines is 1. The predicted octanol–water partition coefficient (Wildman–Crippen LogP) is 2.16. The SMILES string of the molecule is CC1=NN(c2ccccc2)C(=O)/C1=C/c1c(O)n(C2CCCC2)c(=O)[nH]c1=O. The Kier molecular flexibility index (Phi) is 4.46. The molecule has 0 radical (unpaired) electrons. The van der Waals surface area contributed by atoms with E-state index in [1.54, 1.807) is 31.2 Å². The molecule has 0 saturated heterocycles. The molecule has 8 heteroatoms. The van der Waals surface area contributed by atoms with Gasteiger partial charge in [0.05, 0.1) is 17.0 Å². The van der Waals surface area contributed by atoms with Gasteiger partial charge in [-0.3, -0.25) is 19.1 Å². The number of hydrogen-bond donors (Lipinski definition) is 2. The van der Waals surface area contributed by atoms with Gasteiger partial charge in [-0.1, -0.05) is 31.0 Å². The van der Waals surface area contributed by atoms with Crippen LogP contribution in [0.3, 0.4) is 0 Å². The standard InChI is InChI=1S/C20H20N4O4/c1-12-15(19(27)24(22-12)14-9-3-2-4-10-14)11-16-17(25)21-20(28)23(18(16)26)13-7-5-6-8-13/h2-4,9-11,13,26H,5-8H2,1H3,(H,21,25,28)/b15-11+. The molecule has 144 valence electrons. The molecule has 2 heterocycles. The fourth-order valence-electron chi connectivity index (χ4n) is 3.76. The van der Waals surface area contributed by atoms with Gasteiger partial charge in [0.25, 0.3) is 11.5 Å². The van der Waals surface area contributed by atoms with E-state index in [0.29, 0.717) is 11.4 Å². The van der Waals surface area contributed by atoms with Crippen LogP contribution >= 0.6 is 0 Å². The maximum Gasteiger partial charge on any atom is 0.331 e. The van der Waals surface area contributed by atoms with Gasteiger partial charge in [-0.25, -0.2) is 4.79 Å². The third-order valence-corrected chi connectivity index (χ3v) is 5.19. The maximum atomic E-state index is 12.8. The van der Waals surface area contributed by atoms with Crippen molar-refractivity contribution in [2.45, 2.75) is 38.6 Å². The van der Waals surface area contributed by atoms with Crippen molar-refractivity contribution in [3.63, 3.8) is 0 Å². The summed E-state index contributed by atoms with van der Waals surface area (Å²) in [7, 11) is 0. The van der Waals surface area contributed by atoms with Gasteiger partial charge in [0.1, 0.15) is 5.56 Å². The Hall–Kier alpha value is -3.42. The number of hydrogen-bond acceptors (Lipinski definition) is 5. The number of carbonyl (C=O) groups is 1. The fourth-order valence-corrected chi connectivity index (χ4v) is 3.76. The molecule has 0 spiro atoms. The minimum atomic E-state index is -0.733. The van der Waals surface area contributed by atoms with Crippen molar-refractivity contribution in [3.05, 3.63) is 62.3 Å². The smallest absolute Gasteiger partial charge is 0.331 e. The number of H-pyrrole nitrogens is 1. The molecule has 28 heavy (non-hydrogen) atoms. The summed E-state index contributed by atoms with van der Waals surface area (Å²) in [5.41, 5.74) is -0.259. The van der Waals surface area contributed by atoms with Crippen LogP contribution in [0.5, 0.6) is 5.88 Å². The van der Waals surface area contributed by atoms with Crippen LogP contribution < -0.4 is 16.3 Å². The molecule has 0 unspecified atom stereocenters. The van der Waals surface area contributed by atoms with Gasteiger partial charge < -0.3 is 5.11 Å². The summed E-state index contributed by atoms with van der Waals surface area (Å²) < 4.78 is 1.22. The Labute approximate surface area is 160 Å². The molecule has 2 aromatic rings. The number of nitrogens with zero attached hydrogens (tertiary/aromatic N) is 3. The number of benzene rings is 1. The number of para-hydroxylation sites is 1. The Morgan fingerprint density at radius 2 is 1.82 bits per heavy atom. The lowest BCUT2D eigenvalue weighted by Crippen LogP contribution is -2.33. The average molecular weight is 380 g/mol. The van der Waals surface area contributed by atoms with E-state index in [2.05, 4.69) is 10.1 Å². The zero-order valence-electron chi connectivity index (χ0n) is 15.4. The van der Waals surface area contributed by atoms with Crippen molar-refractivity contribution in [2.75, 3.05) is 5.01 Å². The van der Waals surface area contributed by atoms with Crippen LogP contribution in [0.1, 0.15) is 44.2 Å². The van der Waals surface area contributed by atoms with E-state index < -0.39 is 23.0 Å². The second-order valence-electron chi connectivity index (χ2n) is 7.00. The van der Waals surface area contributed by atoms with Crippen LogP contribution in [0.4, 0.5) is 5.69 Å². The van der Waals surface area contributed by atoms with Crippen molar-refractivity contribution in [1.29, 1.82) is 0 Å².